The molecule has 0 radical (unpaired) electrons. The van der Waals surface area contributed by atoms with Gasteiger partial charge in [-0.05, 0) is 47.0 Å². The second-order valence-electron chi connectivity index (χ2n) is 6.36. The number of carbonyl (C=O) groups excluding carboxylic acids is 2. The van der Waals surface area contributed by atoms with Gasteiger partial charge < -0.3 is 10.1 Å². The van der Waals surface area contributed by atoms with Crippen molar-refractivity contribution in [2.75, 3.05) is 7.11 Å². The van der Waals surface area contributed by atoms with Crippen molar-refractivity contribution in [1.82, 2.24) is 20.6 Å². The number of methoxy groups -OCH3 is 1. The largest absolute Gasteiger partial charge is 0.465 e. The fourth-order valence-corrected chi connectivity index (χ4v) is 2.81. The van der Waals surface area contributed by atoms with Crippen LogP contribution >= 0.6 is 0 Å². The summed E-state index contributed by atoms with van der Waals surface area (Å²) in [5.41, 5.74) is 3.10. The molecule has 0 aliphatic carbocycles. The quantitative estimate of drug-likeness (QED) is 0.574. The van der Waals surface area contributed by atoms with Gasteiger partial charge in [-0.2, -0.15) is 0 Å². The molecule has 2 heterocycles. The lowest BCUT2D eigenvalue weighted by Crippen LogP contribution is -2.37. The first kappa shape index (κ1) is 20.2. The van der Waals surface area contributed by atoms with Crippen LogP contribution in [0.15, 0.2) is 73.3 Å². The van der Waals surface area contributed by atoms with Crippen LogP contribution in [-0.4, -0.2) is 29.0 Å². The first-order valence-electron chi connectivity index (χ1n) is 9.14. The second-order valence-corrected chi connectivity index (χ2v) is 6.36. The van der Waals surface area contributed by atoms with Gasteiger partial charge in [0.2, 0.25) is 5.91 Å². The lowest BCUT2D eigenvalue weighted by molar-refractivity contribution is -0.123. The minimum atomic E-state index is -0.591. The van der Waals surface area contributed by atoms with Crippen LogP contribution in [0.4, 0.5) is 0 Å². The number of nitrogens with zero attached hydrogens (tertiary/aromatic N) is 2. The predicted octanol–water partition coefficient (Wildman–Crippen LogP) is 2.41. The molecule has 1 amide bonds. The van der Waals surface area contributed by atoms with Crippen LogP contribution in [0.1, 0.15) is 33.1 Å². The third-order valence-corrected chi connectivity index (χ3v) is 4.38. The number of nitrogens with one attached hydrogen (secondary N) is 2. The number of ether oxygens (including phenoxy) is 1. The zero-order valence-electron chi connectivity index (χ0n) is 16.0. The number of hydrogen-bond donors (Lipinski definition) is 2. The Labute approximate surface area is 169 Å². The molecule has 3 rings (SSSR count). The zero-order chi connectivity index (χ0) is 20.5. The van der Waals surface area contributed by atoms with Gasteiger partial charge in [0.25, 0.3) is 0 Å². The molecule has 1 aromatic carbocycles. The van der Waals surface area contributed by atoms with E-state index in [2.05, 4.69) is 20.6 Å². The van der Waals surface area contributed by atoms with Gasteiger partial charge >= 0.3 is 5.97 Å². The van der Waals surface area contributed by atoms with Gasteiger partial charge in [-0.3, -0.25) is 20.1 Å². The summed E-state index contributed by atoms with van der Waals surface area (Å²) in [4.78, 5) is 32.7. The van der Waals surface area contributed by atoms with E-state index in [-0.39, 0.29) is 5.91 Å². The third kappa shape index (κ3) is 5.70. The number of aromatic nitrogens is 2. The lowest BCUT2D eigenvalue weighted by atomic mass is 10.0. The highest BCUT2D eigenvalue weighted by molar-refractivity contribution is 5.89. The van der Waals surface area contributed by atoms with E-state index in [1.807, 2.05) is 24.3 Å². The Morgan fingerprint density at radius 1 is 0.931 bits per heavy atom. The molecule has 3 aromatic rings. The molecule has 148 valence electrons. The Hall–Kier alpha value is -3.58. The Morgan fingerprint density at radius 2 is 1.69 bits per heavy atom. The maximum atomic E-state index is 12.9. The number of esters is 1. The zero-order valence-corrected chi connectivity index (χ0v) is 16.0. The summed E-state index contributed by atoms with van der Waals surface area (Å²) in [5, 5.41) is 6.22. The molecule has 2 aromatic heterocycles. The van der Waals surface area contributed by atoms with Crippen molar-refractivity contribution in [2.45, 2.75) is 19.1 Å². The van der Waals surface area contributed by atoms with Gasteiger partial charge in [-0.1, -0.05) is 18.2 Å². The molecular weight excluding hydrogens is 368 g/mol. The van der Waals surface area contributed by atoms with Gasteiger partial charge in [-0.15, -0.1) is 0 Å². The molecule has 0 saturated heterocycles. The van der Waals surface area contributed by atoms with Crippen molar-refractivity contribution in [3.05, 3.63) is 95.6 Å². The fourth-order valence-electron chi connectivity index (χ4n) is 2.81. The summed E-state index contributed by atoms with van der Waals surface area (Å²) in [5.74, 6) is -0.590. The van der Waals surface area contributed by atoms with E-state index in [1.165, 1.54) is 7.11 Å². The number of hydrogen-bond acceptors (Lipinski definition) is 6. The molecule has 0 fully saturated rings. The SMILES string of the molecule is COC(=O)c1ccc(C(NCc2ccncc2)C(=O)NCc2cccnc2)cc1. The standard InChI is InChI=1S/C22H22N4O3/c1-29-22(28)19-6-4-18(5-7-19)20(25-14-16-8-11-23-12-9-16)21(27)26-15-17-3-2-10-24-13-17/h2-13,20,25H,14-15H2,1H3,(H,26,27). The summed E-state index contributed by atoms with van der Waals surface area (Å²) in [6.45, 7) is 0.868. The molecule has 0 bridgehead atoms. The van der Waals surface area contributed by atoms with E-state index in [0.29, 0.717) is 18.7 Å². The monoisotopic (exact) mass is 390 g/mol. The van der Waals surface area contributed by atoms with Gasteiger partial charge in [0.05, 0.1) is 12.7 Å². The van der Waals surface area contributed by atoms with Gasteiger partial charge in [0, 0.05) is 37.9 Å². The number of amides is 1. The summed E-state index contributed by atoms with van der Waals surface area (Å²) >= 11 is 0. The first-order valence-corrected chi connectivity index (χ1v) is 9.14. The number of pyridine rings is 2. The van der Waals surface area contributed by atoms with Crippen molar-refractivity contribution < 1.29 is 14.3 Å². The van der Waals surface area contributed by atoms with Crippen LogP contribution in [0.5, 0.6) is 0 Å². The summed E-state index contributed by atoms with van der Waals surface area (Å²) in [6, 6.07) is 13.7. The van der Waals surface area contributed by atoms with Crippen LogP contribution in [0.25, 0.3) is 0 Å². The Balaban J connectivity index is 1.74. The molecule has 1 unspecified atom stereocenters. The molecule has 29 heavy (non-hydrogen) atoms. The van der Waals surface area contributed by atoms with Crippen LogP contribution in [-0.2, 0) is 22.6 Å². The van der Waals surface area contributed by atoms with Gasteiger partial charge in [-0.25, -0.2) is 4.79 Å². The van der Waals surface area contributed by atoms with Crippen LogP contribution in [0, 0.1) is 0 Å². The molecule has 0 aliphatic heterocycles. The minimum absolute atomic E-state index is 0.172. The van der Waals surface area contributed by atoms with Crippen molar-refractivity contribution in [2.24, 2.45) is 0 Å². The molecule has 1 atom stereocenters. The molecule has 0 saturated carbocycles. The molecule has 7 nitrogen and oxygen atoms in total. The molecule has 0 aliphatic rings. The fraction of sp³-hybridized carbons (Fsp3) is 0.182. The van der Waals surface area contributed by atoms with Gasteiger partial charge in [0.1, 0.15) is 6.04 Å². The first-order chi connectivity index (χ1) is 14.2. The van der Waals surface area contributed by atoms with Crippen molar-refractivity contribution >= 4 is 11.9 Å². The van der Waals surface area contributed by atoms with E-state index in [9.17, 15) is 9.59 Å². The van der Waals surface area contributed by atoms with Crippen molar-refractivity contribution in [3.63, 3.8) is 0 Å². The topological polar surface area (TPSA) is 93.2 Å². The Bertz CT molecular complexity index is 931. The average molecular weight is 390 g/mol. The summed E-state index contributed by atoms with van der Waals surface area (Å²) in [7, 11) is 1.33. The molecule has 2 N–H and O–H groups in total. The maximum absolute atomic E-state index is 12.9. The Morgan fingerprint density at radius 3 is 2.34 bits per heavy atom. The third-order valence-electron chi connectivity index (χ3n) is 4.38. The molecular formula is C22H22N4O3. The van der Waals surface area contributed by atoms with Crippen LogP contribution < -0.4 is 10.6 Å². The number of rotatable bonds is 8. The minimum Gasteiger partial charge on any atom is -0.465 e. The highest BCUT2D eigenvalue weighted by Gasteiger charge is 2.20. The summed E-state index contributed by atoms with van der Waals surface area (Å²) in [6.07, 6.45) is 6.82. The number of benzene rings is 1. The van der Waals surface area contributed by atoms with E-state index in [4.69, 9.17) is 4.74 Å². The van der Waals surface area contributed by atoms with Crippen LogP contribution in [0.3, 0.4) is 0 Å². The predicted molar refractivity (Wildman–Crippen MR) is 108 cm³/mol. The molecule has 0 spiro atoms. The van der Waals surface area contributed by atoms with E-state index >= 15 is 0 Å². The smallest absolute Gasteiger partial charge is 0.337 e. The lowest BCUT2D eigenvalue weighted by Gasteiger charge is -2.19. The maximum Gasteiger partial charge on any atom is 0.337 e. The van der Waals surface area contributed by atoms with E-state index < -0.39 is 12.0 Å². The second kappa shape index (κ2) is 10.1. The molecule has 7 heteroatoms. The summed E-state index contributed by atoms with van der Waals surface area (Å²) < 4.78 is 4.73. The van der Waals surface area contributed by atoms with Crippen molar-refractivity contribution in [3.8, 4) is 0 Å². The van der Waals surface area contributed by atoms with Crippen molar-refractivity contribution in [1.29, 1.82) is 0 Å². The van der Waals surface area contributed by atoms with E-state index in [0.717, 1.165) is 16.7 Å². The normalized spacial score (nSPS) is 11.5. The van der Waals surface area contributed by atoms with Gasteiger partial charge in [0.15, 0.2) is 0 Å². The average Bonchev–Trinajstić information content (AvgIpc) is 2.79. The van der Waals surface area contributed by atoms with Crippen LogP contribution in [0.2, 0.25) is 0 Å². The van der Waals surface area contributed by atoms with E-state index in [1.54, 1.807) is 49.1 Å². The Kier molecular flexibility index (Phi) is 7.02. The highest BCUT2D eigenvalue weighted by atomic mass is 16.5. The highest BCUT2D eigenvalue weighted by Crippen LogP contribution is 2.16. The number of carbonyl (C=O) groups is 2.